The van der Waals surface area contributed by atoms with Crippen molar-refractivity contribution in [1.29, 1.82) is 0 Å². The van der Waals surface area contributed by atoms with E-state index in [0.29, 0.717) is 4.90 Å². The van der Waals surface area contributed by atoms with Gasteiger partial charge in [-0.05, 0) is 12.1 Å². The van der Waals surface area contributed by atoms with Crippen LogP contribution in [0.4, 0.5) is 13.2 Å². The highest BCUT2D eigenvalue weighted by Gasteiger charge is 2.33. The van der Waals surface area contributed by atoms with E-state index in [1.807, 2.05) is 0 Å². The monoisotopic (exact) mass is 312 g/mol. The summed E-state index contributed by atoms with van der Waals surface area (Å²) in [5.74, 6) is -0.954. The fraction of sp³-hybridized carbons (Fsp3) is 0.273. The number of hydrogen-bond donors (Lipinski definition) is 0. The number of rotatable bonds is 4. The maximum Gasteiger partial charge on any atom is 0.406 e. The Morgan fingerprint density at radius 3 is 2.58 bits per heavy atom. The number of amides is 1. The van der Waals surface area contributed by atoms with Crippen LogP contribution >= 0.6 is 23.2 Å². The van der Waals surface area contributed by atoms with Crippen molar-refractivity contribution in [3.63, 3.8) is 0 Å². The second kappa shape index (κ2) is 6.25. The standard InChI is InChI=1S/C11H9Cl2F3N2O/c1-2-5-18(6-11(14,15)16)10(19)9-7(12)3-4-8(13)17-9/h2-4H,1,5-6H2. The SMILES string of the molecule is C=CCN(CC(F)(F)F)C(=O)c1nc(Cl)ccc1Cl. The Morgan fingerprint density at radius 2 is 2.05 bits per heavy atom. The third kappa shape index (κ3) is 4.72. The van der Waals surface area contributed by atoms with Crippen LogP contribution in [0.15, 0.2) is 24.8 Å². The second-order valence-electron chi connectivity index (χ2n) is 3.55. The molecule has 1 heterocycles. The molecule has 3 nitrogen and oxygen atoms in total. The lowest BCUT2D eigenvalue weighted by Crippen LogP contribution is -2.39. The van der Waals surface area contributed by atoms with Gasteiger partial charge >= 0.3 is 6.18 Å². The van der Waals surface area contributed by atoms with Crippen LogP contribution in [0.1, 0.15) is 10.5 Å². The molecule has 1 amide bonds. The first-order chi connectivity index (χ1) is 8.74. The molecule has 0 fully saturated rings. The number of nitrogens with zero attached hydrogens (tertiary/aromatic N) is 2. The van der Waals surface area contributed by atoms with Crippen molar-refractivity contribution in [3.05, 3.63) is 40.7 Å². The van der Waals surface area contributed by atoms with Gasteiger partial charge in [0.05, 0.1) is 5.02 Å². The van der Waals surface area contributed by atoms with E-state index in [-0.39, 0.29) is 22.4 Å². The van der Waals surface area contributed by atoms with E-state index in [0.717, 1.165) is 0 Å². The van der Waals surface area contributed by atoms with Crippen LogP contribution in [-0.2, 0) is 0 Å². The second-order valence-corrected chi connectivity index (χ2v) is 4.35. The molecule has 0 aromatic carbocycles. The molecule has 0 aliphatic heterocycles. The van der Waals surface area contributed by atoms with Gasteiger partial charge in [-0.2, -0.15) is 13.2 Å². The topological polar surface area (TPSA) is 33.2 Å². The van der Waals surface area contributed by atoms with E-state index in [1.165, 1.54) is 18.2 Å². The average molecular weight is 313 g/mol. The molecular weight excluding hydrogens is 304 g/mol. The van der Waals surface area contributed by atoms with Gasteiger partial charge in [-0.1, -0.05) is 29.3 Å². The largest absolute Gasteiger partial charge is 0.406 e. The molecule has 104 valence electrons. The lowest BCUT2D eigenvalue weighted by molar-refractivity contribution is -0.139. The highest BCUT2D eigenvalue weighted by Crippen LogP contribution is 2.21. The number of halogens is 5. The molecule has 8 heteroatoms. The quantitative estimate of drug-likeness (QED) is 0.629. The maximum atomic E-state index is 12.4. The van der Waals surface area contributed by atoms with Crippen LogP contribution in [0, 0.1) is 0 Å². The van der Waals surface area contributed by atoms with Gasteiger partial charge < -0.3 is 4.90 Å². The normalized spacial score (nSPS) is 11.2. The first kappa shape index (κ1) is 15.8. The van der Waals surface area contributed by atoms with Crippen LogP contribution in [0.25, 0.3) is 0 Å². The maximum absolute atomic E-state index is 12.4. The van der Waals surface area contributed by atoms with E-state index in [4.69, 9.17) is 23.2 Å². The molecule has 1 rings (SSSR count). The number of carbonyl (C=O) groups excluding carboxylic acids is 1. The number of pyridine rings is 1. The van der Waals surface area contributed by atoms with Crippen molar-refractivity contribution < 1.29 is 18.0 Å². The molecule has 0 unspecified atom stereocenters. The molecule has 19 heavy (non-hydrogen) atoms. The third-order valence-electron chi connectivity index (χ3n) is 2.02. The fourth-order valence-electron chi connectivity index (χ4n) is 1.31. The lowest BCUT2D eigenvalue weighted by atomic mass is 10.3. The zero-order valence-corrected chi connectivity index (χ0v) is 11.1. The minimum atomic E-state index is -4.52. The van der Waals surface area contributed by atoms with E-state index in [2.05, 4.69) is 11.6 Å². The molecule has 0 atom stereocenters. The van der Waals surface area contributed by atoms with Crippen LogP contribution in [0.3, 0.4) is 0 Å². The highest BCUT2D eigenvalue weighted by molar-refractivity contribution is 6.34. The minimum absolute atomic E-state index is 0.0293. The molecule has 0 saturated carbocycles. The van der Waals surface area contributed by atoms with Crippen molar-refractivity contribution >= 4 is 29.1 Å². The summed E-state index contributed by atoms with van der Waals surface area (Å²) in [4.78, 5) is 16.1. The van der Waals surface area contributed by atoms with Crippen molar-refractivity contribution in [1.82, 2.24) is 9.88 Å². The number of alkyl halides is 3. The van der Waals surface area contributed by atoms with Crippen LogP contribution in [0.5, 0.6) is 0 Å². The molecule has 0 saturated heterocycles. The van der Waals surface area contributed by atoms with Gasteiger partial charge in [-0.15, -0.1) is 6.58 Å². The van der Waals surface area contributed by atoms with E-state index in [1.54, 1.807) is 0 Å². The van der Waals surface area contributed by atoms with Crippen LogP contribution in [0.2, 0.25) is 10.2 Å². The predicted molar refractivity (Wildman–Crippen MR) is 66.4 cm³/mol. The first-order valence-electron chi connectivity index (χ1n) is 5.03. The Balaban J connectivity index is 3.05. The minimum Gasteiger partial charge on any atom is -0.324 e. The van der Waals surface area contributed by atoms with Gasteiger partial charge in [0, 0.05) is 6.54 Å². The fourth-order valence-corrected chi connectivity index (χ4v) is 1.64. The molecule has 0 radical (unpaired) electrons. The highest BCUT2D eigenvalue weighted by atomic mass is 35.5. The summed E-state index contributed by atoms with van der Waals surface area (Å²) in [7, 11) is 0. The van der Waals surface area contributed by atoms with Crippen LogP contribution in [-0.4, -0.2) is 35.1 Å². The van der Waals surface area contributed by atoms with Gasteiger partial charge in [0.1, 0.15) is 17.4 Å². The molecule has 0 N–H and O–H groups in total. The van der Waals surface area contributed by atoms with Crippen molar-refractivity contribution in [2.45, 2.75) is 6.18 Å². The zero-order chi connectivity index (χ0) is 14.6. The molecule has 0 bridgehead atoms. The van der Waals surface area contributed by atoms with E-state index < -0.39 is 18.6 Å². The Morgan fingerprint density at radius 1 is 1.42 bits per heavy atom. The molecule has 0 spiro atoms. The first-order valence-corrected chi connectivity index (χ1v) is 5.79. The Bertz CT molecular complexity index is 491. The summed E-state index contributed by atoms with van der Waals surface area (Å²) < 4.78 is 37.1. The van der Waals surface area contributed by atoms with Gasteiger partial charge in [0.25, 0.3) is 5.91 Å². The molecule has 1 aromatic rings. The predicted octanol–water partition coefficient (Wildman–Crippen LogP) is 3.58. The third-order valence-corrected chi connectivity index (χ3v) is 2.54. The van der Waals surface area contributed by atoms with Crippen molar-refractivity contribution in [3.8, 4) is 0 Å². The van der Waals surface area contributed by atoms with Crippen molar-refractivity contribution in [2.75, 3.05) is 13.1 Å². The van der Waals surface area contributed by atoms with E-state index >= 15 is 0 Å². The summed E-state index contributed by atoms with van der Waals surface area (Å²) in [5.41, 5.74) is -0.319. The Hall–Kier alpha value is -1.27. The smallest absolute Gasteiger partial charge is 0.324 e. The lowest BCUT2D eigenvalue weighted by Gasteiger charge is -2.22. The average Bonchev–Trinajstić information content (AvgIpc) is 2.29. The molecule has 1 aromatic heterocycles. The summed E-state index contributed by atoms with van der Waals surface area (Å²) in [6.07, 6.45) is -3.34. The van der Waals surface area contributed by atoms with Gasteiger partial charge in [-0.25, -0.2) is 4.98 Å². The summed E-state index contributed by atoms with van der Waals surface area (Å²) in [5, 5.41) is -0.0936. The number of aromatic nitrogens is 1. The van der Waals surface area contributed by atoms with E-state index in [9.17, 15) is 18.0 Å². The van der Waals surface area contributed by atoms with Gasteiger partial charge in [0.15, 0.2) is 0 Å². The van der Waals surface area contributed by atoms with Crippen LogP contribution < -0.4 is 0 Å². The molecular formula is C11H9Cl2F3N2O. The number of carbonyl (C=O) groups is 1. The van der Waals surface area contributed by atoms with Crippen molar-refractivity contribution in [2.24, 2.45) is 0 Å². The van der Waals surface area contributed by atoms with Gasteiger partial charge in [0.2, 0.25) is 0 Å². The molecule has 0 aliphatic carbocycles. The Kier molecular flexibility index (Phi) is 5.20. The summed E-state index contributed by atoms with van der Waals surface area (Å²) in [6, 6.07) is 2.63. The Labute approximate surface area is 117 Å². The summed E-state index contributed by atoms with van der Waals surface area (Å²) in [6.45, 7) is 1.62. The summed E-state index contributed by atoms with van der Waals surface area (Å²) >= 11 is 11.3. The number of hydrogen-bond acceptors (Lipinski definition) is 2. The molecule has 0 aliphatic rings. The zero-order valence-electron chi connectivity index (χ0n) is 9.55. The van der Waals surface area contributed by atoms with Gasteiger partial charge in [-0.3, -0.25) is 4.79 Å².